The molecule has 0 aliphatic rings. The lowest BCUT2D eigenvalue weighted by Crippen LogP contribution is -2.20. The Balaban J connectivity index is 1.78. The number of ether oxygens (including phenoxy) is 1. The summed E-state index contributed by atoms with van der Waals surface area (Å²) in [5.41, 5.74) is 3.48. The van der Waals surface area contributed by atoms with Crippen LogP contribution in [0.3, 0.4) is 0 Å². The number of anilines is 1. The van der Waals surface area contributed by atoms with Crippen molar-refractivity contribution in [3.63, 3.8) is 0 Å². The lowest BCUT2D eigenvalue weighted by molar-refractivity contribution is -0.118. The highest BCUT2D eigenvalue weighted by molar-refractivity contribution is 6.31. The van der Waals surface area contributed by atoms with Gasteiger partial charge in [-0.05, 0) is 66.6 Å². The van der Waals surface area contributed by atoms with E-state index in [4.69, 9.17) is 27.9 Å². The topological polar surface area (TPSA) is 62.1 Å². The number of hydrogen-bond acceptors (Lipinski definition) is 3. The molecule has 3 rings (SSSR count). The van der Waals surface area contributed by atoms with Crippen LogP contribution in [0.4, 0.5) is 5.69 Å². The zero-order valence-electron chi connectivity index (χ0n) is 16.2. The van der Waals surface area contributed by atoms with Crippen LogP contribution in [0.25, 0.3) is 11.6 Å². The van der Waals surface area contributed by atoms with E-state index in [9.17, 15) is 10.1 Å². The molecule has 6 heteroatoms. The van der Waals surface area contributed by atoms with Gasteiger partial charge in [0.2, 0.25) is 0 Å². The van der Waals surface area contributed by atoms with Gasteiger partial charge in [-0.1, -0.05) is 47.5 Å². The van der Waals surface area contributed by atoms with Crippen LogP contribution in [0.1, 0.15) is 16.7 Å². The molecular weight excluding hydrogens is 419 g/mol. The molecule has 0 fully saturated rings. The highest BCUT2D eigenvalue weighted by Gasteiger charge is 2.10. The van der Waals surface area contributed by atoms with Crippen LogP contribution in [0, 0.1) is 18.3 Å². The maximum absolute atomic E-state index is 12.3. The fraction of sp³-hybridized carbons (Fsp3) is 0.0833. The van der Waals surface area contributed by atoms with Gasteiger partial charge in [0.1, 0.15) is 5.75 Å². The highest BCUT2D eigenvalue weighted by Crippen LogP contribution is 2.28. The Morgan fingerprint density at radius 3 is 2.50 bits per heavy atom. The van der Waals surface area contributed by atoms with Crippen LogP contribution in [-0.4, -0.2) is 12.5 Å². The van der Waals surface area contributed by atoms with Gasteiger partial charge < -0.3 is 10.1 Å². The largest absolute Gasteiger partial charge is 0.483 e. The summed E-state index contributed by atoms with van der Waals surface area (Å²) in [5.74, 6) is 0.157. The minimum Gasteiger partial charge on any atom is -0.483 e. The maximum atomic E-state index is 12.3. The van der Waals surface area contributed by atoms with Crippen LogP contribution in [-0.2, 0) is 4.79 Å². The summed E-state index contributed by atoms with van der Waals surface area (Å²) < 4.78 is 5.71. The number of nitriles is 1. The Hall–Kier alpha value is -3.26. The quantitative estimate of drug-likeness (QED) is 0.359. The van der Waals surface area contributed by atoms with Crippen molar-refractivity contribution in [2.24, 2.45) is 0 Å². The number of rotatable bonds is 6. The van der Waals surface area contributed by atoms with Crippen molar-refractivity contribution in [2.45, 2.75) is 6.92 Å². The molecule has 0 saturated heterocycles. The average molecular weight is 437 g/mol. The number of aryl methyl sites for hydroxylation is 1. The molecule has 0 aliphatic heterocycles. The van der Waals surface area contributed by atoms with Crippen molar-refractivity contribution >= 4 is 46.4 Å². The van der Waals surface area contributed by atoms with E-state index >= 15 is 0 Å². The lowest BCUT2D eigenvalue weighted by Gasteiger charge is -2.11. The summed E-state index contributed by atoms with van der Waals surface area (Å²) in [6.45, 7) is 1.77. The Bertz CT molecular complexity index is 1130. The standard InChI is InChI=1S/C24H18Cl2N2O2/c1-16-3-2-4-22(11-16)28-24(29)15-30-23-10-9-21(26)13-18(23)12-19(14-27)17-5-7-20(25)8-6-17/h2-13H,15H2,1H3,(H,28,29)/b19-12+. The van der Waals surface area contributed by atoms with Gasteiger partial charge in [0.15, 0.2) is 6.61 Å². The van der Waals surface area contributed by atoms with Crippen LogP contribution in [0.15, 0.2) is 66.7 Å². The first-order chi connectivity index (χ1) is 14.4. The summed E-state index contributed by atoms with van der Waals surface area (Å²) in [5, 5.41) is 13.5. The summed E-state index contributed by atoms with van der Waals surface area (Å²) >= 11 is 12.1. The van der Waals surface area contributed by atoms with Crippen molar-refractivity contribution in [1.82, 2.24) is 0 Å². The first-order valence-electron chi connectivity index (χ1n) is 9.11. The Morgan fingerprint density at radius 1 is 1.07 bits per heavy atom. The van der Waals surface area contributed by atoms with Crippen LogP contribution in [0.5, 0.6) is 5.75 Å². The fourth-order valence-electron chi connectivity index (χ4n) is 2.79. The highest BCUT2D eigenvalue weighted by atomic mass is 35.5. The number of carbonyl (C=O) groups is 1. The smallest absolute Gasteiger partial charge is 0.262 e. The molecule has 30 heavy (non-hydrogen) atoms. The van der Waals surface area contributed by atoms with Crippen LogP contribution in [0.2, 0.25) is 10.0 Å². The van der Waals surface area contributed by atoms with Crippen molar-refractivity contribution in [2.75, 3.05) is 11.9 Å². The SMILES string of the molecule is Cc1cccc(NC(=O)COc2ccc(Cl)cc2/C=C(\C#N)c2ccc(Cl)cc2)c1. The van der Waals surface area contributed by atoms with Gasteiger partial charge in [0.25, 0.3) is 5.91 Å². The number of benzene rings is 3. The first-order valence-corrected chi connectivity index (χ1v) is 9.87. The second kappa shape index (κ2) is 9.98. The van der Waals surface area contributed by atoms with Gasteiger partial charge in [-0.2, -0.15) is 5.26 Å². The van der Waals surface area contributed by atoms with E-state index in [-0.39, 0.29) is 12.5 Å². The van der Waals surface area contributed by atoms with E-state index in [0.29, 0.717) is 38.2 Å². The number of carbonyl (C=O) groups excluding carboxylic acids is 1. The van der Waals surface area contributed by atoms with Crippen LogP contribution < -0.4 is 10.1 Å². The number of hydrogen-bond donors (Lipinski definition) is 1. The van der Waals surface area contributed by atoms with Gasteiger partial charge in [-0.3, -0.25) is 4.79 Å². The van der Waals surface area contributed by atoms with E-state index < -0.39 is 0 Å². The second-order valence-electron chi connectivity index (χ2n) is 6.57. The molecule has 0 bridgehead atoms. The molecule has 0 heterocycles. The van der Waals surface area contributed by atoms with E-state index in [1.807, 2.05) is 31.2 Å². The monoisotopic (exact) mass is 436 g/mol. The van der Waals surface area contributed by atoms with Crippen LogP contribution >= 0.6 is 23.2 Å². The first kappa shape index (κ1) is 21.4. The van der Waals surface area contributed by atoms with Gasteiger partial charge in [-0.25, -0.2) is 0 Å². The Morgan fingerprint density at radius 2 is 1.80 bits per heavy atom. The molecular formula is C24H18Cl2N2O2. The van der Waals surface area contributed by atoms with Gasteiger partial charge in [0, 0.05) is 21.3 Å². The number of nitrogens with zero attached hydrogens (tertiary/aromatic N) is 1. The van der Waals surface area contributed by atoms with Crippen molar-refractivity contribution in [3.8, 4) is 11.8 Å². The third-order valence-corrected chi connectivity index (χ3v) is 4.70. The zero-order chi connectivity index (χ0) is 21.5. The lowest BCUT2D eigenvalue weighted by atomic mass is 10.0. The molecule has 3 aromatic rings. The van der Waals surface area contributed by atoms with Crippen molar-refractivity contribution in [3.05, 3.63) is 93.5 Å². The second-order valence-corrected chi connectivity index (χ2v) is 7.44. The molecule has 0 aromatic heterocycles. The zero-order valence-corrected chi connectivity index (χ0v) is 17.7. The number of amides is 1. The summed E-state index contributed by atoms with van der Waals surface area (Å²) in [4.78, 5) is 12.3. The maximum Gasteiger partial charge on any atom is 0.262 e. The molecule has 0 aliphatic carbocycles. The number of nitrogens with one attached hydrogen (secondary N) is 1. The number of allylic oxidation sites excluding steroid dienone is 1. The predicted molar refractivity (Wildman–Crippen MR) is 122 cm³/mol. The predicted octanol–water partition coefficient (Wildman–Crippen LogP) is 6.38. The summed E-state index contributed by atoms with van der Waals surface area (Å²) in [7, 11) is 0. The molecule has 1 amide bonds. The minimum absolute atomic E-state index is 0.181. The van der Waals surface area contributed by atoms with Crippen molar-refractivity contribution < 1.29 is 9.53 Å². The van der Waals surface area contributed by atoms with Gasteiger partial charge in [0.05, 0.1) is 11.6 Å². The van der Waals surface area contributed by atoms with E-state index in [2.05, 4.69) is 11.4 Å². The van der Waals surface area contributed by atoms with Gasteiger partial charge >= 0.3 is 0 Å². The molecule has 0 spiro atoms. The number of halogens is 2. The van der Waals surface area contributed by atoms with E-state index in [1.165, 1.54) is 0 Å². The Kier molecular flexibility index (Phi) is 7.13. The molecule has 0 radical (unpaired) electrons. The fourth-order valence-corrected chi connectivity index (χ4v) is 3.10. The van der Waals surface area contributed by atoms with Gasteiger partial charge in [-0.15, -0.1) is 0 Å². The molecule has 4 nitrogen and oxygen atoms in total. The average Bonchev–Trinajstić information content (AvgIpc) is 2.72. The molecule has 150 valence electrons. The van der Waals surface area contributed by atoms with E-state index in [0.717, 1.165) is 5.56 Å². The normalized spacial score (nSPS) is 10.9. The van der Waals surface area contributed by atoms with Crippen molar-refractivity contribution in [1.29, 1.82) is 5.26 Å². The van der Waals surface area contributed by atoms with E-state index in [1.54, 1.807) is 48.5 Å². The molecule has 0 saturated carbocycles. The minimum atomic E-state index is -0.288. The molecule has 1 N–H and O–H groups in total. The third kappa shape index (κ3) is 5.87. The third-order valence-electron chi connectivity index (χ3n) is 4.21. The summed E-state index contributed by atoms with van der Waals surface area (Å²) in [6, 6.07) is 21.7. The summed E-state index contributed by atoms with van der Waals surface area (Å²) in [6.07, 6.45) is 1.67. The molecule has 3 aromatic carbocycles. The molecule has 0 unspecified atom stereocenters. The molecule has 0 atom stereocenters. The Labute approximate surface area is 185 Å².